The molecule has 1 aromatic heterocycles. The summed E-state index contributed by atoms with van der Waals surface area (Å²) in [6.45, 7) is 0.0102. The summed E-state index contributed by atoms with van der Waals surface area (Å²) in [6, 6.07) is 29.1. The zero-order valence-corrected chi connectivity index (χ0v) is 21.3. The Bertz CT molecular complexity index is 1460. The molecule has 0 saturated carbocycles. The quantitative estimate of drug-likeness (QED) is 0.115. The van der Waals surface area contributed by atoms with E-state index < -0.39 is 23.1 Å². The zero-order valence-electron chi connectivity index (χ0n) is 21.3. The molecular formula is C29H28N6O4. The molecule has 39 heavy (non-hydrogen) atoms. The van der Waals surface area contributed by atoms with Crippen LogP contribution in [-0.2, 0) is 16.9 Å². The number of nitrogens with one attached hydrogen (secondary N) is 1. The van der Waals surface area contributed by atoms with Crippen LogP contribution in [0.4, 0.5) is 5.82 Å². The highest BCUT2D eigenvalue weighted by molar-refractivity contribution is 5.67. The Hall–Kier alpha value is -5.08. The monoisotopic (exact) mass is 524 g/mol. The number of anilines is 1. The standard InChI is InChI=1S/C29H28N6O4/c1-39-25-14-12-24(13-15-25)29(22-8-4-2-5-9-22,23-10-6-3-7-11-23)33-26-16-17-35(28(38)32-26)20-21(18-27(36)37)19-31-34-30/h2-17,21H,18-20H2,1H3,(H,36,37)(H,32,33,38)/t21-/m1/s1. The maximum Gasteiger partial charge on any atom is 0.349 e. The third-order valence-corrected chi connectivity index (χ3v) is 6.45. The molecule has 3 aromatic carbocycles. The van der Waals surface area contributed by atoms with E-state index in [9.17, 15) is 14.7 Å². The van der Waals surface area contributed by atoms with Gasteiger partial charge in [0.05, 0.1) is 7.11 Å². The molecule has 4 aromatic rings. The number of carboxylic acids is 1. The molecule has 4 rings (SSSR count). The number of nitrogens with zero attached hydrogens (tertiary/aromatic N) is 5. The van der Waals surface area contributed by atoms with Crippen LogP contribution in [0.1, 0.15) is 23.1 Å². The van der Waals surface area contributed by atoms with Gasteiger partial charge in [-0.3, -0.25) is 9.36 Å². The minimum Gasteiger partial charge on any atom is -0.497 e. The number of azide groups is 1. The van der Waals surface area contributed by atoms with E-state index in [2.05, 4.69) is 20.3 Å². The molecule has 10 nitrogen and oxygen atoms in total. The van der Waals surface area contributed by atoms with Crippen molar-refractivity contribution in [3.8, 4) is 5.75 Å². The minimum atomic E-state index is -1.04. The lowest BCUT2D eigenvalue weighted by Crippen LogP contribution is -2.39. The molecule has 0 aliphatic carbocycles. The summed E-state index contributed by atoms with van der Waals surface area (Å²) in [5.74, 6) is -0.540. The first kappa shape index (κ1) is 27.0. The van der Waals surface area contributed by atoms with Gasteiger partial charge in [0.1, 0.15) is 17.1 Å². The van der Waals surface area contributed by atoms with Gasteiger partial charge in [0.15, 0.2) is 0 Å². The van der Waals surface area contributed by atoms with Crippen molar-refractivity contribution < 1.29 is 14.6 Å². The van der Waals surface area contributed by atoms with Gasteiger partial charge >= 0.3 is 11.7 Å². The first-order valence-corrected chi connectivity index (χ1v) is 12.3. The van der Waals surface area contributed by atoms with Crippen LogP contribution in [0, 0.1) is 5.92 Å². The Morgan fingerprint density at radius 3 is 2.13 bits per heavy atom. The van der Waals surface area contributed by atoms with E-state index in [1.54, 1.807) is 19.4 Å². The van der Waals surface area contributed by atoms with Crippen molar-refractivity contribution in [3.63, 3.8) is 0 Å². The Labute approximate surface area is 225 Å². The van der Waals surface area contributed by atoms with Crippen LogP contribution in [0.5, 0.6) is 5.75 Å². The SMILES string of the molecule is COc1ccc(C(Nc2ccn(C[C@@H](CN=[N+]=[N-])CC(=O)O)c(=O)n2)(c2ccccc2)c2ccccc2)cc1. The lowest BCUT2D eigenvalue weighted by molar-refractivity contribution is -0.138. The summed E-state index contributed by atoms with van der Waals surface area (Å²) in [4.78, 5) is 31.3. The summed E-state index contributed by atoms with van der Waals surface area (Å²) in [7, 11) is 1.61. The summed E-state index contributed by atoms with van der Waals surface area (Å²) in [5.41, 5.74) is 9.95. The number of methoxy groups -OCH3 is 1. The van der Waals surface area contributed by atoms with Gasteiger partial charge in [0.2, 0.25) is 0 Å². The van der Waals surface area contributed by atoms with Crippen LogP contribution in [0.3, 0.4) is 0 Å². The molecule has 0 spiro atoms. The molecule has 1 heterocycles. The fraction of sp³-hybridized carbons (Fsp3) is 0.207. The van der Waals surface area contributed by atoms with Gasteiger partial charge in [-0.2, -0.15) is 4.98 Å². The topological polar surface area (TPSA) is 142 Å². The second-order valence-corrected chi connectivity index (χ2v) is 8.96. The molecule has 0 aliphatic rings. The molecule has 0 amide bonds. The Morgan fingerprint density at radius 2 is 1.62 bits per heavy atom. The maximum atomic E-state index is 13.1. The van der Waals surface area contributed by atoms with Crippen LogP contribution in [0.15, 0.2) is 107 Å². The van der Waals surface area contributed by atoms with Crippen molar-refractivity contribution >= 4 is 11.8 Å². The van der Waals surface area contributed by atoms with Crippen LogP contribution in [-0.4, -0.2) is 34.3 Å². The van der Waals surface area contributed by atoms with Gasteiger partial charge in [-0.05, 0) is 46.3 Å². The van der Waals surface area contributed by atoms with Crippen LogP contribution in [0.2, 0.25) is 0 Å². The first-order valence-electron chi connectivity index (χ1n) is 12.3. The highest BCUT2D eigenvalue weighted by atomic mass is 16.5. The normalized spacial score (nSPS) is 11.7. The van der Waals surface area contributed by atoms with Gasteiger partial charge in [-0.15, -0.1) is 0 Å². The molecule has 0 fully saturated rings. The Morgan fingerprint density at radius 1 is 1.03 bits per heavy atom. The highest BCUT2D eigenvalue weighted by Crippen LogP contribution is 2.40. The number of aromatic nitrogens is 2. The largest absolute Gasteiger partial charge is 0.497 e. The molecule has 0 unspecified atom stereocenters. The fourth-order valence-corrected chi connectivity index (χ4v) is 4.63. The summed E-state index contributed by atoms with van der Waals surface area (Å²) >= 11 is 0. The lowest BCUT2D eigenvalue weighted by atomic mass is 9.77. The van der Waals surface area contributed by atoms with Crippen molar-refractivity contribution in [1.82, 2.24) is 9.55 Å². The fourth-order valence-electron chi connectivity index (χ4n) is 4.63. The average Bonchev–Trinajstić information content (AvgIpc) is 2.96. The van der Waals surface area contributed by atoms with Crippen molar-refractivity contribution in [2.75, 3.05) is 19.0 Å². The molecule has 0 saturated heterocycles. The number of rotatable bonds is 12. The molecule has 10 heteroatoms. The van der Waals surface area contributed by atoms with Crippen LogP contribution in [0.25, 0.3) is 10.4 Å². The first-order chi connectivity index (χ1) is 19.0. The van der Waals surface area contributed by atoms with Crippen molar-refractivity contribution in [1.29, 1.82) is 0 Å². The number of aliphatic carboxylic acids is 1. The van der Waals surface area contributed by atoms with E-state index >= 15 is 0 Å². The predicted octanol–water partition coefficient (Wildman–Crippen LogP) is 5.06. The molecule has 0 aliphatic heterocycles. The molecule has 1 atom stereocenters. The van der Waals surface area contributed by atoms with Gasteiger partial charge in [0, 0.05) is 30.6 Å². The van der Waals surface area contributed by atoms with E-state index in [-0.39, 0.29) is 19.5 Å². The summed E-state index contributed by atoms with van der Waals surface area (Å²) in [5, 5.41) is 16.2. The number of hydrogen-bond donors (Lipinski definition) is 2. The molecular weight excluding hydrogens is 496 g/mol. The predicted molar refractivity (Wildman–Crippen MR) is 148 cm³/mol. The molecule has 2 N–H and O–H groups in total. The third-order valence-electron chi connectivity index (χ3n) is 6.45. The molecule has 0 radical (unpaired) electrons. The van der Waals surface area contributed by atoms with E-state index in [1.807, 2.05) is 84.9 Å². The van der Waals surface area contributed by atoms with Gasteiger partial charge in [0.25, 0.3) is 0 Å². The number of carbonyl (C=O) groups is 1. The summed E-state index contributed by atoms with van der Waals surface area (Å²) in [6.07, 6.45) is 1.32. The number of hydrogen-bond acceptors (Lipinski definition) is 6. The number of carboxylic acid groups (broad SMARTS) is 1. The van der Waals surface area contributed by atoms with E-state index in [1.165, 1.54) is 4.57 Å². The van der Waals surface area contributed by atoms with Crippen molar-refractivity contribution in [2.24, 2.45) is 11.0 Å². The van der Waals surface area contributed by atoms with Crippen LogP contribution >= 0.6 is 0 Å². The van der Waals surface area contributed by atoms with E-state index in [4.69, 9.17) is 10.3 Å². The second kappa shape index (κ2) is 12.4. The van der Waals surface area contributed by atoms with Gasteiger partial charge in [-0.1, -0.05) is 77.9 Å². The Balaban J connectivity index is 1.79. The smallest absolute Gasteiger partial charge is 0.349 e. The van der Waals surface area contributed by atoms with E-state index in [0.717, 1.165) is 16.7 Å². The molecule has 198 valence electrons. The lowest BCUT2D eigenvalue weighted by Gasteiger charge is -2.37. The second-order valence-electron chi connectivity index (χ2n) is 8.96. The van der Waals surface area contributed by atoms with E-state index in [0.29, 0.717) is 11.6 Å². The molecule has 0 bridgehead atoms. The number of ether oxygens (including phenoxy) is 1. The van der Waals surface area contributed by atoms with Crippen LogP contribution < -0.4 is 15.7 Å². The third kappa shape index (κ3) is 6.26. The number of benzene rings is 3. The Kier molecular flexibility index (Phi) is 8.60. The average molecular weight is 525 g/mol. The maximum absolute atomic E-state index is 13.1. The van der Waals surface area contributed by atoms with Crippen molar-refractivity contribution in [3.05, 3.63) is 135 Å². The van der Waals surface area contributed by atoms with Gasteiger partial charge in [-0.25, -0.2) is 4.79 Å². The van der Waals surface area contributed by atoms with Gasteiger partial charge < -0.3 is 15.2 Å². The highest BCUT2D eigenvalue weighted by Gasteiger charge is 2.37. The zero-order chi connectivity index (χ0) is 27.7. The minimum absolute atomic E-state index is 0.0438. The summed E-state index contributed by atoms with van der Waals surface area (Å²) < 4.78 is 6.71. The van der Waals surface area contributed by atoms with Crippen molar-refractivity contribution in [2.45, 2.75) is 18.5 Å².